The summed E-state index contributed by atoms with van der Waals surface area (Å²) in [5, 5.41) is 1.37. The Hall–Kier alpha value is -1.78. The van der Waals surface area contributed by atoms with E-state index < -0.39 is 0 Å². The Morgan fingerprint density at radius 1 is 1.12 bits per heavy atom. The molecule has 0 N–H and O–H groups in total. The molecule has 1 saturated carbocycles. The average Bonchev–Trinajstić information content (AvgIpc) is 3.10. The third kappa shape index (κ3) is 3.28. The molecule has 1 aliphatic heterocycles. The summed E-state index contributed by atoms with van der Waals surface area (Å²) in [6.07, 6.45) is 9.78. The van der Waals surface area contributed by atoms with Gasteiger partial charge < -0.3 is 0 Å². The van der Waals surface area contributed by atoms with Gasteiger partial charge >= 0.3 is 0 Å². The fourth-order valence-corrected chi connectivity index (χ4v) is 5.51. The van der Waals surface area contributed by atoms with E-state index in [0.717, 1.165) is 31.9 Å². The van der Waals surface area contributed by atoms with E-state index in [2.05, 4.69) is 41.4 Å². The van der Waals surface area contributed by atoms with Gasteiger partial charge in [-0.25, -0.2) is 9.97 Å². The first-order chi connectivity index (χ1) is 12.8. The van der Waals surface area contributed by atoms with Crippen molar-refractivity contribution in [1.82, 2.24) is 14.9 Å². The molecule has 4 heteroatoms. The van der Waals surface area contributed by atoms with Crippen LogP contribution in [0, 0.1) is 0 Å². The molecule has 0 saturated heterocycles. The molecule has 3 heterocycles. The quantitative estimate of drug-likeness (QED) is 0.632. The Morgan fingerprint density at radius 3 is 2.88 bits per heavy atom. The first-order valence-corrected chi connectivity index (χ1v) is 10.7. The highest BCUT2D eigenvalue weighted by Crippen LogP contribution is 2.32. The molecule has 2 aromatic heterocycles. The fourth-order valence-electron chi connectivity index (χ4n) is 4.40. The molecular formula is C22H25N3S. The highest BCUT2D eigenvalue weighted by molar-refractivity contribution is 7.19. The topological polar surface area (TPSA) is 29.0 Å². The van der Waals surface area contributed by atoms with Crippen molar-refractivity contribution in [1.29, 1.82) is 0 Å². The van der Waals surface area contributed by atoms with Gasteiger partial charge in [0.25, 0.3) is 0 Å². The number of benzene rings is 1. The second-order valence-corrected chi connectivity index (χ2v) is 8.91. The van der Waals surface area contributed by atoms with Gasteiger partial charge in [-0.1, -0.05) is 37.5 Å². The van der Waals surface area contributed by atoms with E-state index in [1.807, 2.05) is 11.3 Å². The third-order valence-electron chi connectivity index (χ3n) is 5.87. The zero-order valence-corrected chi connectivity index (χ0v) is 16.0. The van der Waals surface area contributed by atoms with Crippen molar-refractivity contribution in [2.75, 3.05) is 6.54 Å². The van der Waals surface area contributed by atoms with Crippen LogP contribution in [0.15, 0.2) is 36.5 Å². The monoisotopic (exact) mass is 363 g/mol. The second-order valence-electron chi connectivity index (χ2n) is 7.75. The summed E-state index contributed by atoms with van der Waals surface area (Å²) in [6, 6.07) is 11.0. The van der Waals surface area contributed by atoms with Crippen LogP contribution in [0.25, 0.3) is 10.1 Å². The van der Waals surface area contributed by atoms with Gasteiger partial charge in [0.05, 0.1) is 5.69 Å². The Kier molecular flexibility index (Phi) is 4.47. The average molecular weight is 364 g/mol. The molecule has 3 aromatic rings. The number of thiophene rings is 1. The molecule has 0 amide bonds. The van der Waals surface area contributed by atoms with E-state index in [1.165, 1.54) is 58.3 Å². The molecule has 1 aliphatic carbocycles. The molecule has 2 aliphatic rings. The zero-order chi connectivity index (χ0) is 17.3. The first-order valence-electron chi connectivity index (χ1n) is 9.90. The molecule has 134 valence electrons. The normalized spacial score (nSPS) is 18.9. The summed E-state index contributed by atoms with van der Waals surface area (Å²) in [7, 11) is 0. The molecule has 0 spiro atoms. The Bertz CT molecular complexity index is 878. The van der Waals surface area contributed by atoms with Crippen molar-refractivity contribution in [2.24, 2.45) is 0 Å². The van der Waals surface area contributed by atoms with Crippen LogP contribution in [0.5, 0.6) is 0 Å². The van der Waals surface area contributed by atoms with Crippen molar-refractivity contribution in [3.8, 4) is 0 Å². The van der Waals surface area contributed by atoms with E-state index >= 15 is 0 Å². The van der Waals surface area contributed by atoms with Crippen LogP contribution >= 0.6 is 11.3 Å². The van der Waals surface area contributed by atoms with E-state index in [0.29, 0.717) is 5.92 Å². The van der Waals surface area contributed by atoms with E-state index in [9.17, 15) is 0 Å². The highest BCUT2D eigenvalue weighted by Gasteiger charge is 2.23. The summed E-state index contributed by atoms with van der Waals surface area (Å²) in [5.41, 5.74) is 2.63. The van der Waals surface area contributed by atoms with Gasteiger partial charge in [-0.2, -0.15) is 0 Å². The molecular weight excluding hydrogens is 338 g/mol. The van der Waals surface area contributed by atoms with Crippen LogP contribution in [0.2, 0.25) is 0 Å². The zero-order valence-electron chi connectivity index (χ0n) is 15.2. The van der Waals surface area contributed by atoms with Crippen LogP contribution in [-0.2, 0) is 19.5 Å². The van der Waals surface area contributed by atoms with Gasteiger partial charge in [0.2, 0.25) is 0 Å². The molecule has 0 bridgehead atoms. The van der Waals surface area contributed by atoms with Crippen molar-refractivity contribution in [3.05, 3.63) is 58.5 Å². The Labute approximate surface area is 159 Å². The largest absolute Gasteiger partial charge is 0.292 e. The van der Waals surface area contributed by atoms with Gasteiger partial charge in [0.15, 0.2) is 0 Å². The van der Waals surface area contributed by atoms with Crippen molar-refractivity contribution in [3.63, 3.8) is 0 Å². The number of aromatic nitrogens is 2. The minimum Gasteiger partial charge on any atom is -0.292 e. The van der Waals surface area contributed by atoms with Crippen LogP contribution in [0.3, 0.4) is 0 Å². The molecule has 5 rings (SSSR count). The smallest absolute Gasteiger partial charge is 0.131 e. The Morgan fingerprint density at radius 2 is 2.00 bits per heavy atom. The minimum atomic E-state index is 0.590. The fraction of sp³-hybridized carbons (Fsp3) is 0.455. The first kappa shape index (κ1) is 16.4. The predicted octanol–water partition coefficient (Wildman–Crippen LogP) is 5.30. The Balaban J connectivity index is 1.33. The minimum absolute atomic E-state index is 0.590. The lowest BCUT2D eigenvalue weighted by molar-refractivity contribution is 0.242. The van der Waals surface area contributed by atoms with E-state index in [1.54, 1.807) is 0 Å². The molecule has 0 unspecified atom stereocenters. The molecule has 1 aromatic carbocycles. The summed E-state index contributed by atoms with van der Waals surface area (Å²) in [4.78, 5) is 13.7. The van der Waals surface area contributed by atoms with Gasteiger partial charge in [-0.15, -0.1) is 11.3 Å². The van der Waals surface area contributed by atoms with Crippen LogP contribution in [-0.4, -0.2) is 21.4 Å². The van der Waals surface area contributed by atoms with Crippen LogP contribution in [0.4, 0.5) is 0 Å². The maximum absolute atomic E-state index is 5.02. The van der Waals surface area contributed by atoms with Crippen molar-refractivity contribution < 1.29 is 0 Å². The van der Waals surface area contributed by atoms with E-state index in [-0.39, 0.29) is 0 Å². The summed E-state index contributed by atoms with van der Waals surface area (Å²) in [5.74, 6) is 1.69. The number of nitrogens with zero attached hydrogens (tertiary/aromatic N) is 3. The van der Waals surface area contributed by atoms with Crippen molar-refractivity contribution in [2.45, 2.75) is 57.5 Å². The SMILES string of the molecule is c1ccc2sc(CN3CCc4cnc(C5CCCCC5)nc4C3)cc2c1. The van der Waals surface area contributed by atoms with Gasteiger partial charge in [-0.05, 0) is 42.3 Å². The maximum Gasteiger partial charge on any atom is 0.131 e. The molecule has 26 heavy (non-hydrogen) atoms. The summed E-state index contributed by atoms with van der Waals surface area (Å²) >= 11 is 1.92. The molecule has 1 fully saturated rings. The lowest BCUT2D eigenvalue weighted by Crippen LogP contribution is -2.31. The van der Waals surface area contributed by atoms with Crippen molar-refractivity contribution >= 4 is 21.4 Å². The molecule has 0 atom stereocenters. The lowest BCUT2D eigenvalue weighted by atomic mass is 9.88. The number of fused-ring (bicyclic) bond motifs is 2. The standard InChI is InChI=1S/C22H25N3S/c1-2-6-16(7-3-1)22-23-13-18-10-11-25(15-20(18)24-22)14-19-12-17-8-4-5-9-21(17)26-19/h4-5,8-9,12-13,16H,1-3,6-7,10-11,14-15H2. The number of hydrogen-bond donors (Lipinski definition) is 0. The number of hydrogen-bond acceptors (Lipinski definition) is 4. The molecule has 3 nitrogen and oxygen atoms in total. The van der Waals surface area contributed by atoms with E-state index in [4.69, 9.17) is 9.97 Å². The summed E-state index contributed by atoms with van der Waals surface area (Å²) in [6.45, 7) is 3.10. The third-order valence-corrected chi connectivity index (χ3v) is 6.97. The number of rotatable bonds is 3. The highest BCUT2D eigenvalue weighted by atomic mass is 32.1. The maximum atomic E-state index is 5.02. The lowest BCUT2D eigenvalue weighted by Gasteiger charge is -2.28. The van der Waals surface area contributed by atoms with Gasteiger partial charge in [0, 0.05) is 41.3 Å². The van der Waals surface area contributed by atoms with Crippen LogP contribution < -0.4 is 0 Å². The predicted molar refractivity (Wildman–Crippen MR) is 108 cm³/mol. The van der Waals surface area contributed by atoms with Gasteiger partial charge in [0.1, 0.15) is 5.82 Å². The van der Waals surface area contributed by atoms with Gasteiger partial charge in [-0.3, -0.25) is 4.90 Å². The molecule has 0 radical (unpaired) electrons. The summed E-state index contributed by atoms with van der Waals surface area (Å²) < 4.78 is 1.39. The van der Waals surface area contributed by atoms with Crippen LogP contribution in [0.1, 0.15) is 60.0 Å². The second kappa shape index (κ2) is 7.09.